The summed E-state index contributed by atoms with van der Waals surface area (Å²) >= 11 is 0. The van der Waals surface area contributed by atoms with Crippen LogP contribution in [0.2, 0.25) is 0 Å². The first kappa shape index (κ1) is 14.7. The predicted octanol–water partition coefficient (Wildman–Crippen LogP) is 2.68. The van der Waals surface area contributed by atoms with Crippen LogP contribution in [-0.4, -0.2) is 16.1 Å². The maximum atomic E-state index is 11.4. The van der Waals surface area contributed by atoms with Gasteiger partial charge in [0, 0.05) is 11.3 Å². The van der Waals surface area contributed by atoms with Gasteiger partial charge in [-0.3, -0.25) is 4.79 Å². The zero-order chi connectivity index (χ0) is 15.6. The Labute approximate surface area is 123 Å². The lowest BCUT2D eigenvalue weighted by Crippen LogP contribution is -2.15. The number of nitrogens with one attached hydrogen (secondary N) is 1. The normalized spacial score (nSPS) is 11.9. The molecule has 0 fully saturated rings. The molecule has 0 bridgehead atoms. The van der Waals surface area contributed by atoms with Crippen molar-refractivity contribution < 1.29 is 15.0 Å². The van der Waals surface area contributed by atoms with E-state index < -0.39 is 5.91 Å². The number of amides is 1. The van der Waals surface area contributed by atoms with Gasteiger partial charge in [-0.2, -0.15) is 0 Å². The quantitative estimate of drug-likeness (QED) is 0.695. The molecule has 2 aromatic carbocycles. The molecule has 1 amide bonds. The minimum absolute atomic E-state index is 0.0127. The monoisotopic (exact) mass is 286 g/mol. The maximum absolute atomic E-state index is 11.4. The molecule has 0 aliphatic heterocycles. The van der Waals surface area contributed by atoms with Crippen molar-refractivity contribution in [2.45, 2.75) is 19.9 Å². The summed E-state index contributed by atoms with van der Waals surface area (Å²) in [5.41, 5.74) is 7.62. The van der Waals surface area contributed by atoms with Crippen molar-refractivity contribution in [3.05, 3.63) is 53.1 Å². The van der Waals surface area contributed by atoms with Gasteiger partial charge in [0.25, 0.3) is 0 Å². The molecule has 21 heavy (non-hydrogen) atoms. The SMILES string of the molecule is Cc1c(NC(C)c2c(O)cccc2O)cccc1C(N)=O. The van der Waals surface area contributed by atoms with E-state index in [1.165, 1.54) is 12.1 Å². The lowest BCUT2D eigenvalue weighted by molar-refractivity contribution is 0.0999. The minimum Gasteiger partial charge on any atom is -0.507 e. The van der Waals surface area contributed by atoms with Gasteiger partial charge in [0.1, 0.15) is 11.5 Å². The van der Waals surface area contributed by atoms with E-state index in [-0.39, 0.29) is 17.5 Å². The van der Waals surface area contributed by atoms with Crippen LogP contribution in [-0.2, 0) is 0 Å². The molecule has 5 nitrogen and oxygen atoms in total. The van der Waals surface area contributed by atoms with Gasteiger partial charge in [-0.1, -0.05) is 12.1 Å². The first-order valence-corrected chi connectivity index (χ1v) is 6.58. The van der Waals surface area contributed by atoms with Crippen LogP contribution in [0.5, 0.6) is 11.5 Å². The third-order valence-corrected chi connectivity index (χ3v) is 3.46. The van der Waals surface area contributed by atoms with Gasteiger partial charge in [-0.15, -0.1) is 0 Å². The largest absolute Gasteiger partial charge is 0.507 e. The molecule has 2 rings (SSSR count). The van der Waals surface area contributed by atoms with Crippen LogP contribution >= 0.6 is 0 Å². The van der Waals surface area contributed by atoms with E-state index in [9.17, 15) is 15.0 Å². The van der Waals surface area contributed by atoms with Crippen molar-refractivity contribution in [1.29, 1.82) is 0 Å². The lowest BCUT2D eigenvalue weighted by atomic mass is 10.0. The number of carbonyl (C=O) groups is 1. The molecule has 5 heteroatoms. The fourth-order valence-corrected chi connectivity index (χ4v) is 2.35. The van der Waals surface area contributed by atoms with Crippen molar-refractivity contribution in [2.24, 2.45) is 5.73 Å². The zero-order valence-corrected chi connectivity index (χ0v) is 11.9. The van der Waals surface area contributed by atoms with Crippen molar-refractivity contribution >= 4 is 11.6 Å². The molecule has 1 unspecified atom stereocenters. The number of primary amides is 1. The second-order valence-electron chi connectivity index (χ2n) is 4.92. The number of hydrogen-bond donors (Lipinski definition) is 4. The Kier molecular flexibility index (Phi) is 4.03. The van der Waals surface area contributed by atoms with Gasteiger partial charge < -0.3 is 21.3 Å². The van der Waals surface area contributed by atoms with Crippen molar-refractivity contribution in [1.82, 2.24) is 0 Å². The molecule has 0 heterocycles. The zero-order valence-electron chi connectivity index (χ0n) is 11.9. The van der Waals surface area contributed by atoms with Gasteiger partial charge in [-0.25, -0.2) is 0 Å². The van der Waals surface area contributed by atoms with Crippen LogP contribution in [0.25, 0.3) is 0 Å². The number of rotatable bonds is 4. The van der Waals surface area contributed by atoms with Crippen LogP contribution in [0.4, 0.5) is 5.69 Å². The van der Waals surface area contributed by atoms with E-state index in [1.54, 1.807) is 25.1 Å². The average molecular weight is 286 g/mol. The first-order chi connectivity index (χ1) is 9.91. The molecule has 0 aromatic heterocycles. The summed E-state index contributed by atoms with van der Waals surface area (Å²) in [6, 6.07) is 9.46. The summed E-state index contributed by atoms with van der Waals surface area (Å²) in [5, 5.41) is 22.9. The Bertz CT molecular complexity index is 663. The predicted molar refractivity (Wildman–Crippen MR) is 81.5 cm³/mol. The fraction of sp³-hybridized carbons (Fsp3) is 0.188. The van der Waals surface area contributed by atoms with E-state index in [1.807, 2.05) is 13.0 Å². The van der Waals surface area contributed by atoms with E-state index in [0.717, 1.165) is 11.3 Å². The van der Waals surface area contributed by atoms with E-state index in [4.69, 9.17) is 5.73 Å². The summed E-state index contributed by atoms with van der Waals surface area (Å²) in [5.74, 6) is -0.466. The number of benzene rings is 2. The minimum atomic E-state index is -0.491. The van der Waals surface area contributed by atoms with Crippen LogP contribution in [0.3, 0.4) is 0 Å². The van der Waals surface area contributed by atoms with Crippen molar-refractivity contribution in [3.8, 4) is 11.5 Å². The molecule has 0 aliphatic rings. The molecule has 110 valence electrons. The highest BCUT2D eigenvalue weighted by Gasteiger charge is 2.16. The van der Waals surface area contributed by atoms with Gasteiger partial charge in [0.15, 0.2) is 0 Å². The number of phenols is 2. The molecular weight excluding hydrogens is 268 g/mol. The second-order valence-corrected chi connectivity index (χ2v) is 4.92. The Morgan fingerprint density at radius 3 is 2.29 bits per heavy atom. The summed E-state index contributed by atoms with van der Waals surface area (Å²) < 4.78 is 0. The standard InChI is InChI=1S/C16H18N2O3/c1-9-11(16(17)21)5-3-6-12(9)18-10(2)15-13(19)7-4-8-14(15)20/h3-8,10,18-20H,1-2H3,(H2,17,21). The number of phenolic OH excluding ortho intramolecular Hbond substituents is 2. The molecule has 0 saturated heterocycles. The van der Waals surface area contributed by atoms with Crippen molar-refractivity contribution in [3.63, 3.8) is 0 Å². The third kappa shape index (κ3) is 2.91. The maximum Gasteiger partial charge on any atom is 0.249 e. The number of aromatic hydroxyl groups is 2. The number of anilines is 1. The molecule has 0 saturated carbocycles. The van der Waals surface area contributed by atoms with E-state index in [0.29, 0.717) is 11.1 Å². The third-order valence-electron chi connectivity index (χ3n) is 3.46. The number of nitrogens with two attached hydrogens (primary N) is 1. The van der Waals surface area contributed by atoms with E-state index in [2.05, 4.69) is 5.32 Å². The van der Waals surface area contributed by atoms with Gasteiger partial charge in [0.05, 0.1) is 11.6 Å². The summed E-state index contributed by atoms with van der Waals surface area (Å²) in [7, 11) is 0. The number of hydrogen-bond acceptors (Lipinski definition) is 4. The highest BCUT2D eigenvalue weighted by Crippen LogP contribution is 2.34. The average Bonchev–Trinajstić information content (AvgIpc) is 2.40. The molecule has 2 aromatic rings. The molecule has 5 N–H and O–H groups in total. The second kappa shape index (κ2) is 5.75. The van der Waals surface area contributed by atoms with Crippen LogP contribution < -0.4 is 11.1 Å². The van der Waals surface area contributed by atoms with E-state index >= 15 is 0 Å². The highest BCUT2D eigenvalue weighted by atomic mass is 16.3. The fourth-order valence-electron chi connectivity index (χ4n) is 2.35. The lowest BCUT2D eigenvalue weighted by Gasteiger charge is -2.20. The van der Waals surface area contributed by atoms with Crippen LogP contribution in [0, 0.1) is 6.92 Å². The summed E-state index contributed by atoms with van der Waals surface area (Å²) in [6.07, 6.45) is 0. The first-order valence-electron chi connectivity index (χ1n) is 6.58. The summed E-state index contributed by atoms with van der Waals surface area (Å²) in [4.78, 5) is 11.4. The Morgan fingerprint density at radius 2 is 1.71 bits per heavy atom. The molecule has 0 spiro atoms. The Balaban J connectivity index is 2.34. The van der Waals surface area contributed by atoms with Crippen LogP contribution in [0.15, 0.2) is 36.4 Å². The number of carbonyl (C=O) groups excluding carboxylic acids is 1. The molecule has 0 aliphatic carbocycles. The van der Waals surface area contributed by atoms with Crippen LogP contribution in [0.1, 0.15) is 34.5 Å². The Morgan fingerprint density at radius 1 is 1.14 bits per heavy atom. The molecule has 0 radical (unpaired) electrons. The van der Waals surface area contributed by atoms with Gasteiger partial charge >= 0.3 is 0 Å². The van der Waals surface area contributed by atoms with Crippen molar-refractivity contribution in [2.75, 3.05) is 5.32 Å². The van der Waals surface area contributed by atoms with Gasteiger partial charge in [0.2, 0.25) is 5.91 Å². The molecule has 1 atom stereocenters. The highest BCUT2D eigenvalue weighted by molar-refractivity contribution is 5.95. The van der Waals surface area contributed by atoms with Gasteiger partial charge in [-0.05, 0) is 43.7 Å². The molecular formula is C16H18N2O3. The Hall–Kier alpha value is -2.69. The summed E-state index contributed by atoms with van der Waals surface area (Å²) in [6.45, 7) is 3.60. The topological polar surface area (TPSA) is 95.6 Å². The smallest absolute Gasteiger partial charge is 0.249 e.